The summed E-state index contributed by atoms with van der Waals surface area (Å²) < 4.78 is 32.4. The van der Waals surface area contributed by atoms with E-state index >= 15 is 0 Å². The molecule has 1 fully saturated rings. The summed E-state index contributed by atoms with van der Waals surface area (Å²) in [5, 5.41) is 0. The average Bonchev–Trinajstić information content (AvgIpc) is 2.91. The van der Waals surface area contributed by atoms with Crippen molar-refractivity contribution in [2.75, 3.05) is 20.2 Å². The summed E-state index contributed by atoms with van der Waals surface area (Å²) in [5.41, 5.74) is 4.74. The van der Waals surface area contributed by atoms with Crippen molar-refractivity contribution in [2.24, 2.45) is 0 Å². The minimum atomic E-state index is -0.814. The predicted molar refractivity (Wildman–Crippen MR) is 131 cm³/mol. The van der Waals surface area contributed by atoms with Crippen LogP contribution in [0.25, 0.3) is 22.5 Å². The van der Waals surface area contributed by atoms with E-state index in [0.29, 0.717) is 12.4 Å². The van der Waals surface area contributed by atoms with Gasteiger partial charge in [0, 0.05) is 42.2 Å². The van der Waals surface area contributed by atoms with E-state index < -0.39 is 11.6 Å². The number of benzene rings is 2. The van der Waals surface area contributed by atoms with Crippen molar-refractivity contribution >= 4 is 0 Å². The van der Waals surface area contributed by atoms with Crippen LogP contribution in [-0.2, 0) is 6.54 Å². The van der Waals surface area contributed by atoms with Crippen LogP contribution in [0.15, 0.2) is 73.2 Å². The number of aromatic nitrogens is 3. The minimum Gasteiger partial charge on any atom is -0.497 e. The Bertz CT molecular complexity index is 1310. The molecule has 2 aromatic heterocycles. The van der Waals surface area contributed by atoms with Crippen LogP contribution in [0.1, 0.15) is 30.0 Å². The molecule has 0 aliphatic carbocycles. The first-order valence-corrected chi connectivity index (χ1v) is 11.7. The van der Waals surface area contributed by atoms with Gasteiger partial charge in [-0.1, -0.05) is 18.2 Å². The van der Waals surface area contributed by atoms with Gasteiger partial charge in [-0.3, -0.25) is 9.88 Å². The van der Waals surface area contributed by atoms with Crippen LogP contribution in [0.2, 0.25) is 0 Å². The zero-order chi connectivity index (χ0) is 24.2. The number of hydrogen-bond donors (Lipinski definition) is 0. The number of hydrogen-bond acceptors (Lipinski definition) is 5. The van der Waals surface area contributed by atoms with E-state index in [-0.39, 0.29) is 5.92 Å². The lowest BCUT2D eigenvalue weighted by atomic mass is 9.88. The maximum atomic E-state index is 13.6. The summed E-state index contributed by atoms with van der Waals surface area (Å²) in [6.45, 7) is 2.28. The van der Waals surface area contributed by atoms with Crippen molar-refractivity contribution in [3.8, 4) is 28.3 Å². The molecule has 2 aromatic carbocycles. The molecule has 7 heteroatoms. The lowest BCUT2D eigenvalue weighted by Gasteiger charge is -2.32. The van der Waals surface area contributed by atoms with E-state index in [1.165, 1.54) is 12.1 Å². The highest BCUT2D eigenvalue weighted by Gasteiger charge is 2.25. The molecule has 5 nitrogen and oxygen atoms in total. The van der Waals surface area contributed by atoms with Crippen LogP contribution in [0.3, 0.4) is 0 Å². The number of halogens is 2. The number of pyridine rings is 1. The maximum absolute atomic E-state index is 13.6. The number of methoxy groups -OCH3 is 1. The first kappa shape index (κ1) is 23.1. The maximum Gasteiger partial charge on any atom is 0.159 e. The van der Waals surface area contributed by atoms with E-state index in [9.17, 15) is 8.78 Å². The second kappa shape index (κ2) is 10.3. The first-order valence-electron chi connectivity index (χ1n) is 11.7. The van der Waals surface area contributed by atoms with Crippen LogP contribution >= 0.6 is 0 Å². The quantitative estimate of drug-likeness (QED) is 0.351. The molecule has 1 aliphatic rings. The van der Waals surface area contributed by atoms with E-state index in [1.54, 1.807) is 25.6 Å². The summed E-state index contributed by atoms with van der Waals surface area (Å²) >= 11 is 0. The lowest BCUT2D eigenvalue weighted by Crippen LogP contribution is -2.33. The largest absolute Gasteiger partial charge is 0.497 e. The molecule has 0 atom stereocenters. The molecular formula is C28H26F2N4O. The molecule has 0 radical (unpaired) electrons. The van der Waals surface area contributed by atoms with E-state index in [1.807, 2.05) is 36.5 Å². The third kappa shape index (κ3) is 5.20. The molecule has 0 unspecified atom stereocenters. The van der Waals surface area contributed by atoms with Gasteiger partial charge in [-0.15, -0.1) is 0 Å². The van der Waals surface area contributed by atoms with Crippen LogP contribution in [0, 0.1) is 11.6 Å². The van der Waals surface area contributed by atoms with Crippen LogP contribution in [0.5, 0.6) is 5.75 Å². The number of piperidine rings is 1. The molecule has 0 N–H and O–H groups in total. The van der Waals surface area contributed by atoms with Gasteiger partial charge in [0.1, 0.15) is 5.75 Å². The van der Waals surface area contributed by atoms with Gasteiger partial charge in [0.25, 0.3) is 0 Å². The molecule has 3 heterocycles. The number of ether oxygens (including phenoxy) is 1. The van der Waals surface area contributed by atoms with Crippen molar-refractivity contribution in [2.45, 2.75) is 25.3 Å². The highest BCUT2D eigenvalue weighted by Crippen LogP contribution is 2.36. The molecule has 1 aliphatic heterocycles. The number of rotatable bonds is 6. The SMILES string of the molecule is COc1cccc(-c2cnc(-c3ccncc3)nc2C2CCN(Cc3ccc(F)c(F)c3)CC2)c1. The molecule has 35 heavy (non-hydrogen) atoms. The molecule has 5 rings (SSSR count). The summed E-state index contributed by atoms with van der Waals surface area (Å²) in [6.07, 6.45) is 7.21. The molecule has 178 valence electrons. The summed E-state index contributed by atoms with van der Waals surface area (Å²) in [6, 6.07) is 15.9. The molecule has 0 bridgehead atoms. The lowest BCUT2D eigenvalue weighted by molar-refractivity contribution is 0.203. The number of nitrogens with zero attached hydrogens (tertiary/aromatic N) is 4. The average molecular weight is 473 g/mol. The van der Waals surface area contributed by atoms with Gasteiger partial charge in [0.15, 0.2) is 17.5 Å². The third-order valence-corrected chi connectivity index (χ3v) is 6.50. The van der Waals surface area contributed by atoms with Gasteiger partial charge < -0.3 is 4.74 Å². The van der Waals surface area contributed by atoms with Gasteiger partial charge in [-0.2, -0.15) is 0 Å². The zero-order valence-corrected chi connectivity index (χ0v) is 19.5. The van der Waals surface area contributed by atoms with Crippen molar-refractivity contribution < 1.29 is 13.5 Å². The second-order valence-electron chi connectivity index (χ2n) is 8.76. The highest BCUT2D eigenvalue weighted by atomic mass is 19.2. The first-order chi connectivity index (χ1) is 17.1. The molecule has 0 saturated carbocycles. The van der Waals surface area contributed by atoms with Gasteiger partial charge in [0.05, 0.1) is 12.8 Å². The standard InChI is InChI=1S/C28H26F2N4O/c1-35-23-4-2-3-22(16-23)24-17-32-28(21-7-11-31-12-8-21)33-27(24)20-9-13-34(14-10-20)18-19-5-6-25(29)26(30)15-19/h2-8,11-12,15-17,20H,9-10,13-14,18H2,1H3. The molecule has 0 amide bonds. The van der Waals surface area contributed by atoms with Gasteiger partial charge in [-0.05, 0) is 73.5 Å². The third-order valence-electron chi connectivity index (χ3n) is 6.50. The summed E-state index contributed by atoms with van der Waals surface area (Å²) in [4.78, 5) is 16.1. The Hall–Kier alpha value is -3.71. The molecule has 1 saturated heterocycles. The van der Waals surface area contributed by atoms with Gasteiger partial charge in [0.2, 0.25) is 0 Å². The van der Waals surface area contributed by atoms with Crippen LogP contribution in [-0.4, -0.2) is 40.1 Å². The van der Waals surface area contributed by atoms with Crippen molar-refractivity contribution in [1.29, 1.82) is 0 Å². The van der Waals surface area contributed by atoms with E-state index in [2.05, 4.69) is 20.9 Å². The Morgan fingerprint density at radius 1 is 0.943 bits per heavy atom. The Morgan fingerprint density at radius 3 is 2.49 bits per heavy atom. The highest BCUT2D eigenvalue weighted by molar-refractivity contribution is 5.69. The summed E-state index contributed by atoms with van der Waals surface area (Å²) in [7, 11) is 1.66. The monoisotopic (exact) mass is 472 g/mol. The second-order valence-corrected chi connectivity index (χ2v) is 8.76. The molecule has 4 aromatic rings. The van der Waals surface area contributed by atoms with Crippen LogP contribution < -0.4 is 4.74 Å². The molecule has 0 spiro atoms. The Kier molecular flexibility index (Phi) is 6.77. The van der Waals surface area contributed by atoms with Crippen molar-refractivity contribution in [1.82, 2.24) is 19.9 Å². The smallest absolute Gasteiger partial charge is 0.159 e. The number of likely N-dealkylation sites (tertiary alicyclic amines) is 1. The van der Waals surface area contributed by atoms with Crippen LogP contribution in [0.4, 0.5) is 8.78 Å². The van der Waals surface area contributed by atoms with E-state index in [0.717, 1.165) is 59.6 Å². The van der Waals surface area contributed by atoms with Crippen molar-refractivity contribution in [3.63, 3.8) is 0 Å². The normalized spacial score (nSPS) is 14.7. The fraction of sp³-hybridized carbons (Fsp3) is 0.250. The summed E-state index contributed by atoms with van der Waals surface area (Å²) in [5.74, 6) is 0.100. The molecular weight excluding hydrogens is 446 g/mol. The fourth-order valence-corrected chi connectivity index (χ4v) is 4.62. The fourth-order valence-electron chi connectivity index (χ4n) is 4.62. The Morgan fingerprint density at radius 2 is 1.74 bits per heavy atom. The Balaban J connectivity index is 1.41. The minimum absolute atomic E-state index is 0.251. The predicted octanol–water partition coefficient (Wildman–Crippen LogP) is 5.87. The van der Waals surface area contributed by atoms with Crippen molar-refractivity contribution in [3.05, 3.63) is 96.1 Å². The zero-order valence-electron chi connectivity index (χ0n) is 19.5. The van der Waals surface area contributed by atoms with Gasteiger partial charge >= 0.3 is 0 Å². The topological polar surface area (TPSA) is 51.1 Å². The Labute approximate surface area is 203 Å². The van der Waals surface area contributed by atoms with Gasteiger partial charge in [-0.25, -0.2) is 18.7 Å². The van der Waals surface area contributed by atoms with E-state index in [4.69, 9.17) is 9.72 Å².